The molecule has 2 heterocycles. The fourth-order valence-electron chi connectivity index (χ4n) is 4.94. The van der Waals surface area contributed by atoms with E-state index in [0.717, 1.165) is 41.5 Å². The Hall–Kier alpha value is -3.62. The summed E-state index contributed by atoms with van der Waals surface area (Å²) in [7, 11) is 0. The topological polar surface area (TPSA) is 75.4 Å². The van der Waals surface area contributed by atoms with Gasteiger partial charge in [0.05, 0.1) is 11.3 Å². The van der Waals surface area contributed by atoms with Crippen LogP contribution in [0.5, 0.6) is 0 Å². The number of carbonyl (C=O) groups is 2. The van der Waals surface area contributed by atoms with Crippen LogP contribution in [0.2, 0.25) is 0 Å². The molecule has 3 aromatic rings. The predicted octanol–water partition coefficient (Wildman–Crippen LogP) is 6.21. The lowest BCUT2D eigenvalue weighted by atomic mass is 9.89. The number of halogens is 3. The van der Waals surface area contributed by atoms with Crippen LogP contribution in [0.3, 0.4) is 0 Å². The number of aryl methyl sites for hydroxylation is 2. The summed E-state index contributed by atoms with van der Waals surface area (Å²) in [4.78, 5) is 27.2. The maximum atomic E-state index is 13.2. The maximum absolute atomic E-state index is 13.2. The number of hydrogen-bond acceptors (Lipinski definition) is 4. The minimum absolute atomic E-state index is 0.00899. The lowest BCUT2D eigenvalue weighted by Gasteiger charge is -2.32. The van der Waals surface area contributed by atoms with Crippen molar-refractivity contribution in [3.05, 3.63) is 81.7 Å². The van der Waals surface area contributed by atoms with Crippen molar-refractivity contribution in [2.75, 3.05) is 18.4 Å². The van der Waals surface area contributed by atoms with E-state index in [1.165, 1.54) is 19.1 Å². The fraction of sp³-hybridized carbons (Fsp3) is 0.393. The molecule has 0 aliphatic carbocycles. The van der Waals surface area contributed by atoms with E-state index in [0.29, 0.717) is 37.5 Å². The Morgan fingerprint density at radius 2 is 1.73 bits per heavy atom. The number of benzene rings is 2. The largest absolute Gasteiger partial charge is 0.416 e. The number of piperidine rings is 1. The zero-order valence-corrected chi connectivity index (χ0v) is 21.1. The molecule has 1 fully saturated rings. The Kier molecular flexibility index (Phi) is 7.71. The van der Waals surface area contributed by atoms with Crippen LogP contribution >= 0.6 is 0 Å². The van der Waals surface area contributed by atoms with Crippen molar-refractivity contribution in [1.29, 1.82) is 0 Å². The molecule has 0 atom stereocenters. The second-order valence-electron chi connectivity index (χ2n) is 9.51. The zero-order chi connectivity index (χ0) is 26.7. The number of hydrogen-bond donors (Lipinski definition) is 1. The van der Waals surface area contributed by atoms with Crippen molar-refractivity contribution in [2.45, 2.75) is 58.5 Å². The quantitative estimate of drug-likeness (QED) is 0.425. The molecule has 1 aromatic heterocycles. The van der Waals surface area contributed by atoms with Crippen LogP contribution < -0.4 is 5.32 Å². The van der Waals surface area contributed by atoms with Crippen LogP contribution in [-0.4, -0.2) is 35.0 Å². The summed E-state index contributed by atoms with van der Waals surface area (Å²) in [6, 6.07) is 11.0. The van der Waals surface area contributed by atoms with Crippen molar-refractivity contribution >= 4 is 17.5 Å². The molecular weight excluding hydrogens is 483 g/mol. The molecule has 0 radical (unpaired) electrons. The Morgan fingerprint density at radius 3 is 2.32 bits per heavy atom. The zero-order valence-electron chi connectivity index (χ0n) is 21.1. The van der Waals surface area contributed by atoms with Crippen molar-refractivity contribution in [2.24, 2.45) is 0 Å². The highest BCUT2D eigenvalue weighted by Gasteiger charge is 2.33. The Balaban J connectivity index is 1.31. The molecule has 196 valence electrons. The van der Waals surface area contributed by atoms with Gasteiger partial charge in [-0.1, -0.05) is 23.4 Å². The van der Waals surface area contributed by atoms with Gasteiger partial charge in [0.1, 0.15) is 5.76 Å². The van der Waals surface area contributed by atoms with Crippen LogP contribution in [0.25, 0.3) is 0 Å². The van der Waals surface area contributed by atoms with Gasteiger partial charge in [0, 0.05) is 36.3 Å². The molecule has 1 saturated heterocycles. The highest BCUT2D eigenvalue weighted by Crippen LogP contribution is 2.33. The lowest BCUT2D eigenvalue weighted by Crippen LogP contribution is -2.38. The summed E-state index contributed by atoms with van der Waals surface area (Å²) in [5.41, 5.74) is 2.52. The first-order valence-corrected chi connectivity index (χ1v) is 12.3. The van der Waals surface area contributed by atoms with Crippen LogP contribution in [0.4, 0.5) is 18.9 Å². The third-order valence-electron chi connectivity index (χ3n) is 7.14. The van der Waals surface area contributed by atoms with Gasteiger partial charge in [0.25, 0.3) is 5.91 Å². The van der Waals surface area contributed by atoms with Crippen molar-refractivity contribution < 1.29 is 27.3 Å². The first-order chi connectivity index (χ1) is 17.5. The third-order valence-corrected chi connectivity index (χ3v) is 7.14. The summed E-state index contributed by atoms with van der Waals surface area (Å²) >= 11 is 0. The van der Waals surface area contributed by atoms with Gasteiger partial charge >= 0.3 is 6.18 Å². The number of amides is 2. The molecule has 4 rings (SSSR count). The number of rotatable bonds is 6. The van der Waals surface area contributed by atoms with Gasteiger partial charge in [-0.2, -0.15) is 13.2 Å². The summed E-state index contributed by atoms with van der Waals surface area (Å²) in [6.45, 7) is 6.39. The first-order valence-electron chi connectivity index (χ1n) is 12.3. The van der Waals surface area contributed by atoms with E-state index in [9.17, 15) is 22.8 Å². The van der Waals surface area contributed by atoms with E-state index in [-0.39, 0.29) is 17.0 Å². The molecule has 1 N–H and O–H groups in total. The van der Waals surface area contributed by atoms with Crippen LogP contribution in [0.1, 0.15) is 69.2 Å². The average Bonchev–Trinajstić information content (AvgIpc) is 3.19. The number of likely N-dealkylation sites (tertiary alicyclic amines) is 1. The molecule has 0 unspecified atom stereocenters. The van der Waals surface area contributed by atoms with Gasteiger partial charge in [-0.05, 0) is 81.3 Å². The molecule has 9 heteroatoms. The highest BCUT2D eigenvalue weighted by atomic mass is 19.4. The van der Waals surface area contributed by atoms with Crippen molar-refractivity contribution in [3.63, 3.8) is 0 Å². The average molecular weight is 514 g/mol. The molecular formula is C28H30F3N3O3. The third kappa shape index (κ3) is 6.03. The number of aromatic nitrogens is 1. The monoisotopic (exact) mass is 513 g/mol. The first kappa shape index (κ1) is 26.4. The van der Waals surface area contributed by atoms with Crippen LogP contribution in [0, 0.1) is 20.8 Å². The maximum Gasteiger partial charge on any atom is 0.416 e. The van der Waals surface area contributed by atoms with Crippen LogP contribution in [-0.2, 0) is 17.4 Å². The number of nitrogens with one attached hydrogen (secondary N) is 1. The molecule has 2 amide bonds. The highest BCUT2D eigenvalue weighted by molar-refractivity contribution is 6.05. The number of carbonyl (C=O) groups excluding carboxylic acids is 2. The Labute approximate surface area is 213 Å². The molecule has 1 aliphatic rings. The molecule has 0 saturated carbocycles. The molecule has 0 bridgehead atoms. The standard InChI is InChI=1S/C28H30F3N3O3/c1-17-23(5-4-6-25(17)28(29,30)31)27(36)32-22-9-7-20(8-10-22)21-13-15-34(16-14-21)26(35)12-11-24-18(2)33-37-19(24)3/h4-10,21H,11-16H2,1-3H3,(H,32,36). The summed E-state index contributed by atoms with van der Waals surface area (Å²) in [6.07, 6.45) is -1.80. The van der Waals surface area contributed by atoms with E-state index < -0.39 is 17.6 Å². The van der Waals surface area contributed by atoms with Crippen molar-refractivity contribution in [3.8, 4) is 0 Å². The van der Waals surface area contributed by atoms with Gasteiger partial charge < -0.3 is 14.7 Å². The second kappa shape index (κ2) is 10.8. The summed E-state index contributed by atoms with van der Waals surface area (Å²) < 4.78 is 44.7. The molecule has 0 spiro atoms. The normalized spacial score (nSPS) is 14.6. The Morgan fingerprint density at radius 1 is 1.05 bits per heavy atom. The molecule has 6 nitrogen and oxygen atoms in total. The SMILES string of the molecule is Cc1noc(C)c1CCC(=O)N1CCC(c2ccc(NC(=O)c3cccc(C(F)(F)F)c3C)cc2)CC1. The van der Waals surface area contributed by atoms with Gasteiger partial charge in [0.15, 0.2) is 0 Å². The van der Waals surface area contributed by atoms with Gasteiger partial charge in [0.2, 0.25) is 5.91 Å². The molecule has 37 heavy (non-hydrogen) atoms. The lowest BCUT2D eigenvalue weighted by molar-refractivity contribution is -0.138. The van der Waals surface area contributed by atoms with Crippen molar-refractivity contribution in [1.82, 2.24) is 10.1 Å². The Bertz CT molecular complexity index is 1250. The van der Waals surface area contributed by atoms with Gasteiger partial charge in [-0.15, -0.1) is 0 Å². The summed E-state index contributed by atoms with van der Waals surface area (Å²) in [5.74, 6) is 0.594. The smallest absolute Gasteiger partial charge is 0.361 e. The minimum atomic E-state index is -4.52. The minimum Gasteiger partial charge on any atom is -0.361 e. The van der Waals surface area contributed by atoms with E-state index in [1.54, 1.807) is 12.1 Å². The predicted molar refractivity (Wildman–Crippen MR) is 133 cm³/mol. The number of alkyl halides is 3. The van der Waals surface area contributed by atoms with E-state index in [2.05, 4.69) is 10.5 Å². The fourth-order valence-corrected chi connectivity index (χ4v) is 4.94. The molecule has 2 aromatic carbocycles. The second-order valence-corrected chi connectivity index (χ2v) is 9.51. The number of nitrogens with zero attached hydrogens (tertiary/aromatic N) is 2. The van der Waals surface area contributed by atoms with Gasteiger partial charge in [-0.3, -0.25) is 9.59 Å². The molecule has 1 aliphatic heterocycles. The summed E-state index contributed by atoms with van der Waals surface area (Å²) in [5, 5.41) is 6.63. The van der Waals surface area contributed by atoms with Crippen LogP contribution in [0.15, 0.2) is 47.0 Å². The van der Waals surface area contributed by atoms with E-state index in [1.807, 2.05) is 30.9 Å². The van der Waals surface area contributed by atoms with Gasteiger partial charge in [-0.25, -0.2) is 0 Å². The van der Waals surface area contributed by atoms with E-state index >= 15 is 0 Å². The number of anilines is 1. The van der Waals surface area contributed by atoms with E-state index in [4.69, 9.17) is 4.52 Å².